The normalized spacial score (nSPS) is 10.8. The first-order chi connectivity index (χ1) is 13.6. The first-order valence-electron chi connectivity index (χ1n) is 8.65. The largest absolute Gasteiger partial charge is 0.489 e. The first kappa shape index (κ1) is 18.4. The molecule has 28 heavy (non-hydrogen) atoms. The molecule has 0 saturated heterocycles. The molecule has 4 nitrogen and oxygen atoms in total. The highest BCUT2D eigenvalue weighted by atomic mass is 35.5. The van der Waals surface area contributed by atoms with Gasteiger partial charge in [-0.25, -0.2) is 0 Å². The monoisotopic (exact) mass is 410 g/mol. The molecule has 1 heterocycles. The summed E-state index contributed by atoms with van der Waals surface area (Å²) < 4.78 is 5.84. The van der Waals surface area contributed by atoms with Crippen molar-refractivity contribution in [2.45, 2.75) is 6.61 Å². The van der Waals surface area contributed by atoms with Crippen LogP contribution in [0.3, 0.4) is 0 Å². The Hall–Kier alpha value is -2.95. The average Bonchev–Trinajstić information content (AvgIpc) is 3.14. The second kappa shape index (κ2) is 7.97. The molecule has 0 atom stereocenters. The third kappa shape index (κ3) is 3.98. The van der Waals surface area contributed by atoms with Gasteiger partial charge >= 0.3 is 0 Å². The number of hydrogen-bond acceptors (Lipinski definition) is 2. The molecule has 0 radical (unpaired) electrons. The van der Waals surface area contributed by atoms with E-state index >= 15 is 0 Å². The molecular formula is C22H16Cl2N2O2. The number of anilines is 1. The molecule has 1 amide bonds. The molecule has 6 heteroatoms. The van der Waals surface area contributed by atoms with Crippen molar-refractivity contribution in [2.75, 3.05) is 5.32 Å². The van der Waals surface area contributed by atoms with Gasteiger partial charge in [0.05, 0.1) is 15.7 Å². The molecule has 0 unspecified atom stereocenters. The molecule has 0 aliphatic carbocycles. The lowest BCUT2D eigenvalue weighted by Gasteiger charge is -2.07. The quantitative estimate of drug-likeness (QED) is 0.405. The number of nitrogens with one attached hydrogen (secondary N) is 2. The predicted octanol–water partition coefficient (Wildman–Crippen LogP) is 6.31. The van der Waals surface area contributed by atoms with Crippen LogP contribution in [0.4, 0.5) is 5.69 Å². The zero-order valence-electron chi connectivity index (χ0n) is 14.7. The maximum absolute atomic E-state index is 12.6. The Balaban J connectivity index is 1.51. The van der Waals surface area contributed by atoms with Gasteiger partial charge in [-0.2, -0.15) is 0 Å². The Labute approximate surface area is 172 Å². The Morgan fingerprint density at radius 1 is 0.964 bits per heavy atom. The third-order valence-corrected chi connectivity index (χ3v) is 5.11. The second-order valence-corrected chi connectivity index (χ2v) is 7.05. The van der Waals surface area contributed by atoms with Crippen molar-refractivity contribution in [1.29, 1.82) is 0 Å². The fraction of sp³-hybridized carbons (Fsp3) is 0.0455. The number of amides is 1. The molecule has 3 aromatic carbocycles. The lowest BCUT2D eigenvalue weighted by atomic mass is 10.2. The van der Waals surface area contributed by atoms with Crippen molar-refractivity contribution in [2.24, 2.45) is 0 Å². The van der Waals surface area contributed by atoms with Gasteiger partial charge in [0, 0.05) is 17.0 Å². The van der Waals surface area contributed by atoms with Gasteiger partial charge in [-0.1, -0.05) is 59.6 Å². The van der Waals surface area contributed by atoms with Crippen molar-refractivity contribution in [3.8, 4) is 5.75 Å². The van der Waals surface area contributed by atoms with Gasteiger partial charge in [0.15, 0.2) is 0 Å². The van der Waals surface area contributed by atoms with Crippen LogP contribution in [0, 0.1) is 0 Å². The van der Waals surface area contributed by atoms with E-state index in [-0.39, 0.29) is 5.91 Å². The molecule has 1 aromatic heterocycles. The van der Waals surface area contributed by atoms with E-state index < -0.39 is 0 Å². The standard InChI is InChI=1S/C22H16Cl2N2O2/c23-17-7-4-8-18(21(17)24)26-22(27)20-11-15-9-10-16(12-19(15)25-20)28-13-14-5-2-1-3-6-14/h1-12,25H,13H2,(H,26,27). The number of benzene rings is 3. The van der Waals surface area contributed by atoms with E-state index in [1.54, 1.807) is 24.3 Å². The van der Waals surface area contributed by atoms with Crippen LogP contribution in [0.2, 0.25) is 10.0 Å². The molecule has 2 N–H and O–H groups in total. The number of halogens is 2. The number of carbonyl (C=O) groups is 1. The van der Waals surface area contributed by atoms with Gasteiger partial charge in [0.25, 0.3) is 5.91 Å². The minimum Gasteiger partial charge on any atom is -0.489 e. The lowest BCUT2D eigenvalue weighted by molar-refractivity contribution is 0.102. The number of hydrogen-bond donors (Lipinski definition) is 2. The van der Waals surface area contributed by atoms with Crippen molar-refractivity contribution < 1.29 is 9.53 Å². The van der Waals surface area contributed by atoms with E-state index in [0.717, 1.165) is 22.2 Å². The van der Waals surface area contributed by atoms with Crippen LogP contribution in [0.5, 0.6) is 5.75 Å². The Morgan fingerprint density at radius 2 is 1.79 bits per heavy atom. The van der Waals surface area contributed by atoms with E-state index in [4.69, 9.17) is 27.9 Å². The smallest absolute Gasteiger partial charge is 0.272 e. The topological polar surface area (TPSA) is 54.1 Å². The van der Waals surface area contributed by atoms with Crippen molar-refractivity contribution in [3.05, 3.63) is 94.1 Å². The highest BCUT2D eigenvalue weighted by molar-refractivity contribution is 6.44. The van der Waals surface area contributed by atoms with Crippen LogP contribution in [0.25, 0.3) is 10.9 Å². The first-order valence-corrected chi connectivity index (χ1v) is 9.40. The Kier molecular flexibility index (Phi) is 5.24. The van der Waals surface area contributed by atoms with E-state index in [1.807, 2.05) is 48.5 Å². The minimum atomic E-state index is -0.299. The minimum absolute atomic E-state index is 0.299. The van der Waals surface area contributed by atoms with Crippen LogP contribution in [-0.2, 0) is 6.61 Å². The van der Waals surface area contributed by atoms with Crippen molar-refractivity contribution >= 4 is 45.7 Å². The van der Waals surface area contributed by atoms with Crippen molar-refractivity contribution in [3.63, 3.8) is 0 Å². The Bertz CT molecular complexity index is 1140. The molecule has 4 rings (SSSR count). The molecule has 0 spiro atoms. The van der Waals surface area contributed by atoms with Crippen molar-refractivity contribution in [1.82, 2.24) is 4.98 Å². The fourth-order valence-electron chi connectivity index (χ4n) is 2.85. The molecule has 0 aliphatic heterocycles. The molecule has 0 bridgehead atoms. The summed E-state index contributed by atoms with van der Waals surface area (Å²) >= 11 is 12.1. The van der Waals surface area contributed by atoms with E-state index in [1.165, 1.54) is 0 Å². The predicted molar refractivity (Wildman–Crippen MR) is 113 cm³/mol. The molecular weight excluding hydrogens is 395 g/mol. The second-order valence-electron chi connectivity index (χ2n) is 6.26. The van der Waals surface area contributed by atoms with Crippen LogP contribution in [-0.4, -0.2) is 10.9 Å². The van der Waals surface area contributed by atoms with Crippen LogP contribution < -0.4 is 10.1 Å². The van der Waals surface area contributed by atoms with E-state index in [0.29, 0.717) is 28.0 Å². The third-order valence-electron chi connectivity index (χ3n) is 4.29. The summed E-state index contributed by atoms with van der Waals surface area (Å²) in [5.41, 5.74) is 2.79. The highest BCUT2D eigenvalue weighted by Crippen LogP contribution is 2.30. The van der Waals surface area contributed by atoms with E-state index in [9.17, 15) is 4.79 Å². The Morgan fingerprint density at radius 3 is 2.61 bits per heavy atom. The van der Waals surface area contributed by atoms with Crippen LogP contribution >= 0.6 is 23.2 Å². The summed E-state index contributed by atoms with van der Waals surface area (Å²) in [6.45, 7) is 0.480. The number of H-pyrrole nitrogens is 1. The SMILES string of the molecule is O=C(Nc1cccc(Cl)c1Cl)c1cc2ccc(OCc3ccccc3)cc2[nH]1. The van der Waals surface area contributed by atoms with Crippen LogP contribution in [0.1, 0.15) is 16.1 Å². The lowest BCUT2D eigenvalue weighted by Crippen LogP contribution is -2.12. The van der Waals surface area contributed by atoms with Gasteiger partial charge < -0.3 is 15.0 Å². The molecule has 0 fully saturated rings. The van der Waals surface area contributed by atoms with Gasteiger partial charge in [0.1, 0.15) is 18.1 Å². The summed E-state index contributed by atoms with van der Waals surface area (Å²) in [5, 5.41) is 4.38. The summed E-state index contributed by atoms with van der Waals surface area (Å²) in [6.07, 6.45) is 0. The van der Waals surface area contributed by atoms with E-state index in [2.05, 4.69) is 10.3 Å². The van der Waals surface area contributed by atoms with Gasteiger partial charge in [-0.15, -0.1) is 0 Å². The molecule has 140 valence electrons. The molecule has 4 aromatic rings. The maximum Gasteiger partial charge on any atom is 0.272 e. The summed E-state index contributed by atoms with van der Waals surface area (Å²) in [4.78, 5) is 15.7. The fourth-order valence-corrected chi connectivity index (χ4v) is 3.20. The van der Waals surface area contributed by atoms with Gasteiger partial charge in [-0.3, -0.25) is 4.79 Å². The van der Waals surface area contributed by atoms with Gasteiger partial charge in [-0.05, 0) is 35.9 Å². The number of aromatic amines is 1. The maximum atomic E-state index is 12.6. The molecule has 0 aliphatic rings. The average molecular weight is 411 g/mol. The highest BCUT2D eigenvalue weighted by Gasteiger charge is 2.13. The van der Waals surface area contributed by atoms with Crippen LogP contribution in [0.15, 0.2) is 72.8 Å². The summed E-state index contributed by atoms with van der Waals surface area (Å²) in [5.74, 6) is 0.426. The number of aromatic nitrogens is 1. The summed E-state index contributed by atoms with van der Waals surface area (Å²) in [6, 6.07) is 22.5. The zero-order valence-corrected chi connectivity index (χ0v) is 16.2. The molecule has 0 saturated carbocycles. The van der Waals surface area contributed by atoms with Gasteiger partial charge in [0.2, 0.25) is 0 Å². The number of ether oxygens (including phenoxy) is 1. The number of carbonyl (C=O) groups excluding carboxylic acids is 1. The number of fused-ring (bicyclic) bond motifs is 1. The number of rotatable bonds is 5. The summed E-state index contributed by atoms with van der Waals surface area (Å²) in [7, 11) is 0. The zero-order chi connectivity index (χ0) is 19.5.